The minimum absolute atomic E-state index is 0.186. The summed E-state index contributed by atoms with van der Waals surface area (Å²) in [5, 5.41) is 21.0. The summed E-state index contributed by atoms with van der Waals surface area (Å²) in [5.41, 5.74) is 1.04. The average Bonchev–Trinajstić information content (AvgIpc) is 2.34. The van der Waals surface area contributed by atoms with Gasteiger partial charge in [-0.3, -0.25) is 0 Å². The van der Waals surface area contributed by atoms with E-state index in [2.05, 4.69) is 25.1 Å². The second kappa shape index (κ2) is 4.90. The highest BCUT2D eigenvalue weighted by Crippen LogP contribution is 2.51. The summed E-state index contributed by atoms with van der Waals surface area (Å²) >= 11 is 5.01. The minimum atomic E-state index is -1.02. The van der Waals surface area contributed by atoms with Crippen LogP contribution >= 0.6 is 0 Å². The molecule has 4 heteroatoms. The highest BCUT2D eigenvalue weighted by Gasteiger charge is 2.50. The Balaban J connectivity index is 2.52. The largest absolute Gasteiger partial charge is 0.387 e. The summed E-state index contributed by atoms with van der Waals surface area (Å²) in [6.07, 6.45) is 2.56. The topological polar surface area (TPSA) is 52.8 Å². The lowest BCUT2D eigenvalue weighted by molar-refractivity contribution is -0.0780. The van der Waals surface area contributed by atoms with Gasteiger partial charge in [0.05, 0.1) is 11.1 Å². The van der Waals surface area contributed by atoms with E-state index in [-0.39, 0.29) is 11.5 Å². The second-order valence-corrected chi connectivity index (χ2v) is 7.12. The number of aliphatic hydroxyl groups is 2. The third kappa shape index (κ3) is 2.39. The van der Waals surface area contributed by atoms with Crippen LogP contribution in [-0.2, 0) is 12.4 Å². The van der Waals surface area contributed by atoms with Crippen LogP contribution in [0, 0.1) is 11.8 Å². The molecule has 0 radical (unpaired) electrons. The first-order valence-corrected chi connectivity index (χ1v) is 7.57. The smallest absolute Gasteiger partial charge is 0.104 e. The van der Waals surface area contributed by atoms with Gasteiger partial charge < -0.3 is 10.2 Å². The molecule has 19 heavy (non-hydrogen) atoms. The van der Waals surface area contributed by atoms with Crippen molar-refractivity contribution in [3.05, 3.63) is 11.1 Å². The first kappa shape index (κ1) is 15.1. The van der Waals surface area contributed by atoms with Crippen LogP contribution in [0.1, 0.15) is 53.4 Å². The van der Waals surface area contributed by atoms with Crippen LogP contribution in [0.4, 0.5) is 0 Å². The molecule has 2 aliphatic rings. The molecule has 0 bridgehead atoms. The molecule has 0 aromatic carbocycles. The predicted octanol–water partition coefficient (Wildman–Crippen LogP) is 2.74. The first-order valence-electron chi connectivity index (χ1n) is 7.20. The van der Waals surface area contributed by atoms with Gasteiger partial charge >= 0.3 is 0 Å². The van der Waals surface area contributed by atoms with E-state index >= 15 is 0 Å². The summed E-state index contributed by atoms with van der Waals surface area (Å²) in [6.45, 7) is 8.13. The van der Waals surface area contributed by atoms with Gasteiger partial charge in [-0.25, -0.2) is 4.36 Å². The molecule has 2 rings (SSSR count). The Labute approximate surface area is 121 Å². The second-order valence-electron chi connectivity index (χ2n) is 6.93. The monoisotopic (exact) mass is 283 g/mol. The van der Waals surface area contributed by atoms with Gasteiger partial charge in [-0.05, 0) is 51.0 Å². The van der Waals surface area contributed by atoms with Gasteiger partial charge in [-0.1, -0.05) is 19.4 Å². The molecule has 0 aromatic heterocycles. The van der Waals surface area contributed by atoms with Crippen LogP contribution in [0.25, 0.3) is 0 Å². The fraction of sp³-hybridized carbons (Fsp3) is 0.867. The highest BCUT2D eigenvalue weighted by molar-refractivity contribution is 7.47. The van der Waals surface area contributed by atoms with Gasteiger partial charge in [0.25, 0.3) is 0 Å². The normalized spacial score (nSPS) is 43.3. The van der Waals surface area contributed by atoms with E-state index in [1.165, 1.54) is 5.57 Å². The quantitative estimate of drug-likeness (QED) is 0.766. The van der Waals surface area contributed by atoms with Gasteiger partial charge in [0.2, 0.25) is 0 Å². The summed E-state index contributed by atoms with van der Waals surface area (Å²) in [4.78, 5) is 0. The van der Waals surface area contributed by atoms with Gasteiger partial charge in [-0.2, -0.15) is 0 Å². The van der Waals surface area contributed by atoms with Crippen LogP contribution < -0.4 is 0 Å². The summed E-state index contributed by atoms with van der Waals surface area (Å²) in [5.74, 6) is 0.585. The summed E-state index contributed by atoms with van der Waals surface area (Å²) in [6, 6.07) is 0. The number of hydrogen-bond donors (Lipinski definition) is 2. The van der Waals surface area contributed by atoms with Crippen LogP contribution in [0.3, 0.4) is 0 Å². The Morgan fingerprint density at radius 2 is 1.95 bits per heavy atom. The van der Waals surface area contributed by atoms with Gasteiger partial charge in [0.15, 0.2) is 0 Å². The van der Waals surface area contributed by atoms with E-state index in [9.17, 15) is 10.2 Å². The first-order chi connectivity index (χ1) is 8.73. The fourth-order valence-corrected chi connectivity index (χ4v) is 3.96. The number of fused-ring (bicyclic) bond motifs is 1. The van der Waals surface area contributed by atoms with Crippen LogP contribution in [-0.4, -0.2) is 27.5 Å². The third-order valence-electron chi connectivity index (χ3n) is 5.13. The molecule has 0 heterocycles. The molecule has 4 atom stereocenters. The maximum Gasteiger partial charge on any atom is 0.104 e. The number of allylic oxidation sites excluding steroid dienone is 1. The Hall–Kier alpha value is -0.320. The van der Waals surface area contributed by atoms with Crippen molar-refractivity contribution in [2.75, 3.05) is 0 Å². The van der Waals surface area contributed by atoms with Crippen molar-refractivity contribution in [2.24, 2.45) is 16.2 Å². The molecule has 1 fully saturated rings. The number of rotatable bonds is 2. The molecule has 2 aliphatic carbocycles. The Kier molecular flexibility index (Phi) is 3.89. The van der Waals surface area contributed by atoms with E-state index in [1.807, 2.05) is 0 Å². The van der Waals surface area contributed by atoms with E-state index in [1.54, 1.807) is 6.92 Å². The van der Waals surface area contributed by atoms with Crippen molar-refractivity contribution >= 4 is 12.4 Å². The molecule has 0 aromatic rings. The van der Waals surface area contributed by atoms with Crippen molar-refractivity contribution in [1.82, 2.24) is 0 Å². The predicted molar refractivity (Wildman–Crippen MR) is 78.7 cm³/mol. The van der Waals surface area contributed by atoms with Crippen molar-refractivity contribution < 1.29 is 10.2 Å². The molecular weight excluding hydrogens is 258 g/mol. The lowest BCUT2D eigenvalue weighted by Crippen LogP contribution is -2.53. The van der Waals surface area contributed by atoms with E-state index in [0.717, 1.165) is 24.8 Å². The zero-order chi connectivity index (χ0) is 14.4. The SMILES string of the molecule is CC(C)C1=C2[C@@H](CC[C@@](C)(O)[C@H]2O)[C@@](C)(N=S)CC1. The molecule has 0 saturated heterocycles. The lowest BCUT2D eigenvalue weighted by atomic mass is 9.60. The number of hydrogen-bond acceptors (Lipinski definition) is 4. The number of nitrogens with zero attached hydrogens (tertiary/aromatic N) is 1. The standard InChI is InChI=1S/C15H25NO2S/c1-9(2)10-5-7-14(3,16-19)11-6-8-15(4,18)13(17)12(10)11/h9,11,13,17-18H,5-8H2,1-4H3/t11-,13+,14+,15-/m1/s1. The lowest BCUT2D eigenvalue weighted by Gasteiger charge is -2.49. The van der Waals surface area contributed by atoms with Gasteiger partial charge in [0.1, 0.15) is 6.10 Å². The fourth-order valence-electron chi connectivity index (χ4n) is 3.74. The Bertz CT molecular complexity index is 416. The van der Waals surface area contributed by atoms with E-state index in [4.69, 9.17) is 12.4 Å². The maximum absolute atomic E-state index is 10.6. The van der Waals surface area contributed by atoms with Crippen molar-refractivity contribution in [2.45, 2.75) is 70.6 Å². The van der Waals surface area contributed by atoms with Crippen LogP contribution in [0.2, 0.25) is 0 Å². The molecular formula is C15H25NO2S. The Morgan fingerprint density at radius 3 is 2.47 bits per heavy atom. The number of aliphatic hydroxyl groups excluding tert-OH is 1. The van der Waals surface area contributed by atoms with Crippen molar-refractivity contribution in [3.63, 3.8) is 0 Å². The zero-order valence-electron chi connectivity index (χ0n) is 12.3. The van der Waals surface area contributed by atoms with Crippen molar-refractivity contribution in [3.8, 4) is 0 Å². The minimum Gasteiger partial charge on any atom is -0.387 e. The van der Waals surface area contributed by atoms with E-state index in [0.29, 0.717) is 12.3 Å². The molecule has 108 valence electrons. The molecule has 0 unspecified atom stereocenters. The molecule has 3 nitrogen and oxygen atoms in total. The van der Waals surface area contributed by atoms with Gasteiger partial charge in [0, 0.05) is 18.3 Å². The molecule has 0 spiro atoms. The van der Waals surface area contributed by atoms with E-state index < -0.39 is 11.7 Å². The van der Waals surface area contributed by atoms with Crippen LogP contribution in [0.5, 0.6) is 0 Å². The Morgan fingerprint density at radius 1 is 1.32 bits per heavy atom. The molecule has 2 N–H and O–H groups in total. The molecule has 1 saturated carbocycles. The third-order valence-corrected chi connectivity index (χ3v) is 5.54. The zero-order valence-corrected chi connectivity index (χ0v) is 13.1. The highest BCUT2D eigenvalue weighted by atomic mass is 32.1. The summed E-state index contributed by atoms with van der Waals surface area (Å²) in [7, 11) is 0. The molecule has 0 aliphatic heterocycles. The van der Waals surface area contributed by atoms with Crippen molar-refractivity contribution in [1.29, 1.82) is 0 Å². The summed E-state index contributed by atoms with van der Waals surface area (Å²) < 4.78 is 4.20. The van der Waals surface area contributed by atoms with Crippen LogP contribution in [0.15, 0.2) is 15.5 Å². The maximum atomic E-state index is 10.6. The molecule has 0 amide bonds. The van der Waals surface area contributed by atoms with Gasteiger partial charge in [-0.15, -0.1) is 0 Å². The average molecular weight is 283 g/mol.